The maximum atomic E-state index is 13.9. The summed E-state index contributed by atoms with van der Waals surface area (Å²) in [4.78, 5) is 13.9. The summed E-state index contributed by atoms with van der Waals surface area (Å²) in [6.07, 6.45) is 6.64. The lowest BCUT2D eigenvalue weighted by molar-refractivity contribution is -0.202. The van der Waals surface area contributed by atoms with Gasteiger partial charge in [-0.3, -0.25) is 8.98 Å². The molecule has 3 saturated carbocycles. The van der Waals surface area contributed by atoms with Crippen molar-refractivity contribution in [3.05, 3.63) is 51.7 Å². The Morgan fingerprint density at radius 1 is 0.900 bits per heavy atom. The smallest absolute Gasteiger partial charge is 0.380 e. The first kappa shape index (κ1) is 38.0. The number of rotatable bonds is 7. The average molecular weight is 806 g/mol. The highest BCUT2D eigenvalue weighted by atomic mass is 79.9. The molecule has 0 amide bonds. The number of hydrogen-bond acceptors (Lipinski definition) is 7. The van der Waals surface area contributed by atoms with Gasteiger partial charge in [0.05, 0.1) is 11.5 Å². The molecule has 0 heterocycles. The third-order valence-electron chi connectivity index (χ3n) is 14.2. The quantitative estimate of drug-likeness (QED) is 0.200. The molecule has 3 fully saturated rings. The van der Waals surface area contributed by atoms with Crippen LogP contribution in [0.15, 0.2) is 56.6 Å². The van der Waals surface area contributed by atoms with Gasteiger partial charge in [0.1, 0.15) is 5.76 Å². The fraction of sp³-hybridized carbons (Fsp3) is 0.703. The zero-order chi connectivity index (χ0) is 37.1. The number of benzene rings is 1. The third-order valence-corrected chi connectivity index (χ3v) is 16.9. The van der Waals surface area contributed by atoms with Crippen LogP contribution in [0.25, 0.3) is 0 Å². The van der Waals surface area contributed by atoms with E-state index in [2.05, 4.69) is 36.7 Å². The minimum Gasteiger partial charge on any atom is -0.380 e. The fourth-order valence-electron chi connectivity index (χ4n) is 11.7. The zero-order valence-electron chi connectivity index (χ0n) is 29.7. The van der Waals surface area contributed by atoms with Crippen molar-refractivity contribution >= 4 is 41.9 Å². The average Bonchev–Trinajstić information content (AvgIpc) is 3.30. The normalized spacial score (nSPS) is 37.1. The summed E-state index contributed by atoms with van der Waals surface area (Å²) >= 11 is 3.34. The van der Waals surface area contributed by atoms with Crippen molar-refractivity contribution in [2.75, 3.05) is 6.61 Å². The molecule has 0 bridgehead atoms. The highest BCUT2D eigenvalue weighted by Crippen LogP contribution is 2.76. The van der Waals surface area contributed by atoms with Crippen LogP contribution in [-0.4, -0.2) is 34.7 Å². The summed E-state index contributed by atoms with van der Waals surface area (Å²) in [6, 6.07) is 6.29. The lowest BCUT2D eigenvalue weighted by Gasteiger charge is -2.71. The van der Waals surface area contributed by atoms with Crippen molar-refractivity contribution in [3.8, 4) is 0 Å². The van der Waals surface area contributed by atoms with Crippen LogP contribution in [0.2, 0.25) is 0 Å². The van der Waals surface area contributed by atoms with Crippen molar-refractivity contribution in [2.24, 2.45) is 50.7 Å². The van der Waals surface area contributed by atoms with Crippen LogP contribution in [0, 0.1) is 50.7 Å². The van der Waals surface area contributed by atoms with Gasteiger partial charge in [0.15, 0.2) is 5.78 Å². The predicted molar refractivity (Wildman–Crippen MR) is 186 cm³/mol. The Balaban J connectivity index is 1.35. The Labute approximate surface area is 303 Å². The van der Waals surface area contributed by atoms with E-state index in [0.29, 0.717) is 19.3 Å². The van der Waals surface area contributed by atoms with Gasteiger partial charge < -0.3 is 4.18 Å². The van der Waals surface area contributed by atoms with Gasteiger partial charge in [0, 0.05) is 21.7 Å². The molecule has 5 aliphatic rings. The van der Waals surface area contributed by atoms with E-state index in [9.17, 15) is 34.8 Å². The number of Topliss-reactive ketones (excluding diaryl/α,β-unsaturated/α-hetero) is 1. The summed E-state index contributed by atoms with van der Waals surface area (Å²) in [7, 11) is -9.88. The molecule has 0 aliphatic heterocycles. The second-order valence-corrected chi connectivity index (χ2v) is 21.2. The lowest BCUT2D eigenvalue weighted by atomic mass is 9.33. The van der Waals surface area contributed by atoms with E-state index in [4.69, 9.17) is 8.37 Å². The van der Waals surface area contributed by atoms with Crippen LogP contribution in [0.5, 0.6) is 0 Å². The number of carbonyl (C=O) groups excluding carboxylic acids is 1. The molecule has 6 rings (SSSR count). The van der Waals surface area contributed by atoms with Gasteiger partial charge in [-0.2, -0.15) is 30.0 Å². The van der Waals surface area contributed by atoms with Gasteiger partial charge in [0.25, 0.3) is 10.1 Å². The van der Waals surface area contributed by atoms with E-state index in [1.165, 1.54) is 12.1 Å². The van der Waals surface area contributed by atoms with Crippen molar-refractivity contribution in [3.63, 3.8) is 0 Å². The third kappa shape index (κ3) is 5.51. The Morgan fingerprint density at radius 2 is 1.54 bits per heavy atom. The monoisotopic (exact) mass is 804 g/mol. The van der Waals surface area contributed by atoms with Crippen LogP contribution >= 0.6 is 15.9 Å². The SMILES string of the molecule is CC(C)C1=C2[C@H]3CC[C@@H]4[C@@]5(C)CC=C(OS(=O)(=O)C(F)(F)F)C(C)(C)[C@@H]5CC[C@@]4(C)[C@]3(C)CC[C@@]2(COS(=O)(=O)c2ccc(Br)cc2)CC1=O. The summed E-state index contributed by atoms with van der Waals surface area (Å²) < 4.78 is 102. The zero-order valence-corrected chi connectivity index (χ0v) is 33.0. The molecular formula is C37H48BrF3O7S2. The van der Waals surface area contributed by atoms with Crippen molar-refractivity contribution < 1.29 is 43.2 Å². The molecular weight excluding hydrogens is 757 g/mol. The Bertz CT molecular complexity index is 1870. The first-order chi connectivity index (χ1) is 22.9. The molecule has 0 spiro atoms. The molecule has 0 N–H and O–H groups in total. The van der Waals surface area contributed by atoms with Crippen LogP contribution < -0.4 is 0 Å². The van der Waals surface area contributed by atoms with E-state index < -0.39 is 36.6 Å². The van der Waals surface area contributed by atoms with Gasteiger partial charge in [-0.05, 0) is 121 Å². The molecule has 50 heavy (non-hydrogen) atoms. The maximum Gasteiger partial charge on any atom is 0.534 e. The molecule has 7 nitrogen and oxygen atoms in total. The van der Waals surface area contributed by atoms with E-state index in [-0.39, 0.29) is 69.4 Å². The number of halogens is 4. The standard InChI is InChI=1S/C37H48BrF3O7S2/c1-22(2)30-26(42)20-36(21-47-49(43,44)24-10-8-23(38)9-11-24)19-18-34(6)25(31(30)36)12-13-28-33(5)16-15-29(48-50(45,46)37(39,40)41)32(3,4)27(33)14-17-35(28,34)7/h8-11,15,22,25,27-28H,12-14,16-21H2,1-7H3/t25-,27+,28-,33+,34-,35-,36+/m1/s1. The number of alkyl halides is 3. The maximum absolute atomic E-state index is 13.9. The van der Waals surface area contributed by atoms with Gasteiger partial charge in [0.2, 0.25) is 0 Å². The number of fused-ring (bicyclic) bond motifs is 7. The summed E-state index contributed by atoms with van der Waals surface area (Å²) in [6.45, 7) is 14.4. The summed E-state index contributed by atoms with van der Waals surface area (Å²) in [5.41, 5.74) is -6.10. The van der Waals surface area contributed by atoms with Gasteiger partial charge >= 0.3 is 15.6 Å². The topological polar surface area (TPSA) is 104 Å². The van der Waals surface area contributed by atoms with Crippen molar-refractivity contribution in [1.82, 2.24) is 0 Å². The molecule has 0 unspecified atom stereocenters. The van der Waals surface area contributed by atoms with E-state index in [1.807, 2.05) is 13.8 Å². The first-order valence-electron chi connectivity index (χ1n) is 17.5. The van der Waals surface area contributed by atoms with Gasteiger partial charge in [-0.15, -0.1) is 0 Å². The predicted octanol–water partition coefficient (Wildman–Crippen LogP) is 9.50. The Morgan fingerprint density at radius 3 is 2.14 bits per heavy atom. The highest BCUT2D eigenvalue weighted by Gasteiger charge is 2.70. The van der Waals surface area contributed by atoms with Crippen molar-refractivity contribution in [2.45, 2.75) is 110 Å². The summed E-state index contributed by atoms with van der Waals surface area (Å²) in [5, 5.41) is 0. The van der Waals surface area contributed by atoms with Crippen LogP contribution in [0.1, 0.15) is 99.8 Å². The Hall–Kier alpha value is -1.70. The van der Waals surface area contributed by atoms with Crippen LogP contribution in [0.4, 0.5) is 13.2 Å². The lowest BCUT2D eigenvalue weighted by Crippen LogP contribution is -2.64. The minimum atomic E-state index is -5.80. The number of ketones is 1. The molecule has 0 radical (unpaired) electrons. The molecule has 7 atom stereocenters. The number of allylic oxidation sites excluding steroid dienone is 3. The second kappa shape index (κ2) is 11.9. The molecule has 1 aromatic rings. The van der Waals surface area contributed by atoms with E-state index in [1.54, 1.807) is 32.1 Å². The van der Waals surface area contributed by atoms with Gasteiger partial charge in [-0.1, -0.05) is 70.0 Å². The Kier molecular flexibility index (Phi) is 9.05. The second-order valence-electron chi connectivity index (χ2n) is 17.1. The van der Waals surface area contributed by atoms with Crippen molar-refractivity contribution in [1.29, 1.82) is 0 Å². The largest absolute Gasteiger partial charge is 0.534 e. The molecule has 13 heteroatoms. The minimum absolute atomic E-state index is 0.0310. The van der Waals surface area contributed by atoms with Gasteiger partial charge in [-0.25, -0.2) is 0 Å². The highest BCUT2D eigenvalue weighted by molar-refractivity contribution is 9.10. The molecule has 278 valence electrons. The number of carbonyl (C=O) groups is 1. The molecule has 1 aromatic carbocycles. The summed E-state index contributed by atoms with van der Waals surface area (Å²) in [5.74, 6) is -0.0318. The molecule has 0 saturated heterocycles. The fourth-order valence-corrected chi connectivity index (χ4v) is 13.5. The van der Waals surface area contributed by atoms with Crippen LogP contribution in [0.3, 0.4) is 0 Å². The molecule has 5 aliphatic carbocycles. The van der Waals surface area contributed by atoms with E-state index >= 15 is 0 Å². The van der Waals surface area contributed by atoms with Crippen LogP contribution in [-0.2, 0) is 33.4 Å². The number of hydrogen-bond donors (Lipinski definition) is 0. The van der Waals surface area contributed by atoms with E-state index in [0.717, 1.165) is 41.3 Å². The molecule has 0 aromatic heterocycles. The first-order valence-corrected chi connectivity index (χ1v) is 21.1.